The lowest BCUT2D eigenvalue weighted by Crippen LogP contribution is -2.48. The number of carbonyl (C=O) groups excluding carboxylic acids is 1. The van der Waals surface area contributed by atoms with Crippen molar-refractivity contribution in [2.45, 2.75) is 44.7 Å². The van der Waals surface area contributed by atoms with E-state index in [-0.39, 0.29) is 12.5 Å². The summed E-state index contributed by atoms with van der Waals surface area (Å²) in [5, 5.41) is 12.9. The lowest BCUT2D eigenvalue weighted by atomic mass is 10.1. The van der Waals surface area contributed by atoms with Crippen LogP contribution in [0.1, 0.15) is 18.1 Å². The summed E-state index contributed by atoms with van der Waals surface area (Å²) in [6.45, 7) is 2.45. The maximum absolute atomic E-state index is 11.5. The number of carbonyl (C=O) groups is 1. The van der Waals surface area contributed by atoms with Gasteiger partial charge in [-0.15, -0.1) is 0 Å². The van der Waals surface area contributed by atoms with Gasteiger partial charge in [0.25, 0.3) is 0 Å². The lowest BCUT2D eigenvalue weighted by molar-refractivity contribution is -0.130. The van der Waals surface area contributed by atoms with Gasteiger partial charge in [-0.1, -0.05) is 60.7 Å². The summed E-state index contributed by atoms with van der Waals surface area (Å²) in [4.78, 5) is 11.5. The molecule has 0 saturated carbocycles. The first kappa shape index (κ1) is 19.5. The largest absolute Gasteiger partial charge is 0.374 e. The van der Waals surface area contributed by atoms with E-state index in [0.717, 1.165) is 11.1 Å². The monoisotopic (exact) mass is 371 g/mol. The second-order valence-corrected chi connectivity index (χ2v) is 6.55. The van der Waals surface area contributed by atoms with Crippen molar-refractivity contribution in [2.75, 3.05) is 6.61 Å². The average Bonchev–Trinajstić information content (AvgIpc) is 2.96. The summed E-state index contributed by atoms with van der Waals surface area (Å²) in [5.41, 5.74) is 2.06. The number of ether oxygens (including phenoxy) is 3. The second-order valence-electron chi connectivity index (χ2n) is 6.55. The molecular formula is C21H25NO5. The highest BCUT2D eigenvalue weighted by Gasteiger charge is 2.45. The Kier molecular flexibility index (Phi) is 6.95. The molecule has 2 aromatic carbocycles. The van der Waals surface area contributed by atoms with Gasteiger partial charge < -0.3 is 24.6 Å². The molecule has 0 radical (unpaired) electrons. The Bertz CT molecular complexity index is 709. The van der Waals surface area contributed by atoms with Crippen LogP contribution >= 0.6 is 0 Å². The predicted molar refractivity (Wildman–Crippen MR) is 99.6 cm³/mol. The molecule has 0 aromatic heterocycles. The third-order valence-electron chi connectivity index (χ3n) is 4.39. The summed E-state index contributed by atoms with van der Waals surface area (Å²) in [6, 6.07) is 18.9. The van der Waals surface area contributed by atoms with Gasteiger partial charge in [0.2, 0.25) is 5.91 Å². The van der Waals surface area contributed by atoms with Crippen molar-refractivity contribution in [3.8, 4) is 0 Å². The molecule has 1 amide bonds. The van der Waals surface area contributed by atoms with E-state index in [2.05, 4.69) is 5.32 Å². The SMILES string of the molecule is CC(=O)N[C@@H]1[C@H](OCc2ccccc2)[C@@H](COCc2ccccc2)O[C@H]1O. The van der Waals surface area contributed by atoms with Gasteiger partial charge in [-0.3, -0.25) is 4.79 Å². The Morgan fingerprint density at radius 3 is 2.22 bits per heavy atom. The minimum absolute atomic E-state index is 0.248. The minimum atomic E-state index is -1.14. The highest BCUT2D eigenvalue weighted by Crippen LogP contribution is 2.24. The molecule has 1 aliphatic rings. The van der Waals surface area contributed by atoms with E-state index in [1.54, 1.807) is 0 Å². The van der Waals surface area contributed by atoms with Crippen LogP contribution in [0.3, 0.4) is 0 Å². The van der Waals surface area contributed by atoms with Crippen LogP contribution in [0.4, 0.5) is 0 Å². The highest BCUT2D eigenvalue weighted by atomic mass is 16.7. The van der Waals surface area contributed by atoms with Crippen LogP contribution in [0.2, 0.25) is 0 Å². The van der Waals surface area contributed by atoms with Crippen LogP contribution in [-0.2, 0) is 32.2 Å². The molecule has 1 fully saturated rings. The molecule has 1 saturated heterocycles. The van der Waals surface area contributed by atoms with E-state index < -0.39 is 24.5 Å². The lowest BCUT2D eigenvalue weighted by Gasteiger charge is -2.24. The van der Waals surface area contributed by atoms with Gasteiger partial charge in [-0.25, -0.2) is 0 Å². The van der Waals surface area contributed by atoms with Crippen molar-refractivity contribution < 1.29 is 24.1 Å². The van der Waals surface area contributed by atoms with Crippen LogP contribution in [0.15, 0.2) is 60.7 Å². The summed E-state index contributed by atoms with van der Waals surface area (Å²) >= 11 is 0. The third-order valence-corrected chi connectivity index (χ3v) is 4.39. The van der Waals surface area contributed by atoms with Gasteiger partial charge >= 0.3 is 0 Å². The van der Waals surface area contributed by atoms with Crippen molar-refractivity contribution >= 4 is 5.91 Å². The molecule has 27 heavy (non-hydrogen) atoms. The van der Waals surface area contributed by atoms with Crippen molar-refractivity contribution in [2.24, 2.45) is 0 Å². The summed E-state index contributed by atoms with van der Waals surface area (Å²) in [6.07, 6.45) is -2.14. The Labute approximate surface area is 159 Å². The molecule has 0 unspecified atom stereocenters. The van der Waals surface area contributed by atoms with Crippen LogP contribution in [0.25, 0.3) is 0 Å². The molecule has 4 atom stereocenters. The van der Waals surface area contributed by atoms with E-state index in [4.69, 9.17) is 14.2 Å². The smallest absolute Gasteiger partial charge is 0.217 e. The van der Waals surface area contributed by atoms with E-state index in [1.807, 2.05) is 60.7 Å². The molecule has 0 bridgehead atoms. The Morgan fingerprint density at radius 2 is 1.63 bits per heavy atom. The Hall–Kier alpha value is -2.25. The number of nitrogens with one attached hydrogen (secondary N) is 1. The molecule has 1 heterocycles. The molecule has 6 nitrogen and oxygen atoms in total. The molecule has 2 N–H and O–H groups in total. The zero-order valence-corrected chi connectivity index (χ0v) is 15.3. The summed E-state index contributed by atoms with van der Waals surface area (Å²) in [5.74, 6) is -0.248. The maximum Gasteiger partial charge on any atom is 0.217 e. The number of amides is 1. The fourth-order valence-corrected chi connectivity index (χ4v) is 3.10. The van der Waals surface area contributed by atoms with Crippen molar-refractivity contribution in [1.29, 1.82) is 0 Å². The minimum Gasteiger partial charge on any atom is -0.374 e. The van der Waals surface area contributed by atoms with Crippen LogP contribution < -0.4 is 5.32 Å². The van der Waals surface area contributed by atoms with Crippen molar-refractivity contribution in [3.05, 3.63) is 71.8 Å². The molecule has 2 aromatic rings. The number of benzene rings is 2. The summed E-state index contributed by atoms with van der Waals surface area (Å²) < 4.78 is 17.4. The molecule has 144 valence electrons. The first-order valence-electron chi connectivity index (χ1n) is 9.01. The zero-order chi connectivity index (χ0) is 19.1. The predicted octanol–water partition coefficient (Wildman–Crippen LogP) is 2.01. The molecule has 0 spiro atoms. The maximum atomic E-state index is 11.5. The van der Waals surface area contributed by atoms with E-state index in [1.165, 1.54) is 6.92 Å². The first-order valence-corrected chi connectivity index (χ1v) is 9.01. The molecule has 0 aliphatic carbocycles. The van der Waals surface area contributed by atoms with Gasteiger partial charge in [0.15, 0.2) is 6.29 Å². The van der Waals surface area contributed by atoms with Gasteiger partial charge in [-0.2, -0.15) is 0 Å². The summed E-state index contributed by atoms with van der Waals surface area (Å²) in [7, 11) is 0. The van der Waals surface area contributed by atoms with Gasteiger partial charge in [-0.05, 0) is 11.1 Å². The quantitative estimate of drug-likeness (QED) is 0.742. The van der Waals surface area contributed by atoms with Crippen LogP contribution in [0.5, 0.6) is 0 Å². The molecule has 6 heteroatoms. The number of aliphatic hydroxyl groups is 1. The van der Waals surface area contributed by atoms with Gasteiger partial charge in [0, 0.05) is 6.92 Å². The number of hydrogen-bond acceptors (Lipinski definition) is 5. The van der Waals surface area contributed by atoms with Crippen molar-refractivity contribution in [3.63, 3.8) is 0 Å². The van der Waals surface area contributed by atoms with Crippen LogP contribution in [-0.4, -0.2) is 42.2 Å². The number of rotatable bonds is 8. The third kappa shape index (κ3) is 5.61. The normalized spacial score (nSPS) is 24.7. The topological polar surface area (TPSA) is 77.0 Å². The van der Waals surface area contributed by atoms with Gasteiger partial charge in [0.1, 0.15) is 18.2 Å². The van der Waals surface area contributed by atoms with E-state index in [9.17, 15) is 9.90 Å². The Balaban J connectivity index is 1.61. The fourth-order valence-electron chi connectivity index (χ4n) is 3.10. The van der Waals surface area contributed by atoms with E-state index >= 15 is 0 Å². The fraction of sp³-hybridized carbons (Fsp3) is 0.381. The van der Waals surface area contributed by atoms with Crippen molar-refractivity contribution in [1.82, 2.24) is 5.32 Å². The molecule has 1 aliphatic heterocycles. The number of aliphatic hydroxyl groups excluding tert-OH is 1. The van der Waals surface area contributed by atoms with E-state index in [0.29, 0.717) is 13.2 Å². The van der Waals surface area contributed by atoms with Crippen LogP contribution in [0, 0.1) is 0 Å². The Morgan fingerprint density at radius 1 is 1.04 bits per heavy atom. The highest BCUT2D eigenvalue weighted by molar-refractivity contribution is 5.73. The average molecular weight is 371 g/mol. The zero-order valence-electron chi connectivity index (χ0n) is 15.3. The molecular weight excluding hydrogens is 346 g/mol. The molecule has 3 rings (SSSR count). The second kappa shape index (κ2) is 9.62. The van der Waals surface area contributed by atoms with Gasteiger partial charge in [0.05, 0.1) is 19.8 Å². The number of hydrogen-bond donors (Lipinski definition) is 2. The standard InChI is InChI=1S/C21H25NO5/c1-15(23)22-19-20(26-13-17-10-6-3-7-11-17)18(27-21(19)24)14-25-12-16-8-4-2-5-9-16/h2-11,18-21,24H,12-14H2,1H3,(H,22,23)/t18-,19-,20-,21-/m1/s1. The first-order chi connectivity index (χ1) is 13.1.